The Balaban J connectivity index is 1.15. The zero-order valence-electron chi connectivity index (χ0n) is 33.7. The van der Waals surface area contributed by atoms with Crippen LogP contribution in [-0.2, 0) is 30.9 Å². The van der Waals surface area contributed by atoms with Crippen LogP contribution in [0, 0.1) is 22.7 Å². The van der Waals surface area contributed by atoms with Crippen molar-refractivity contribution in [2.24, 2.45) is 49.7 Å². The lowest BCUT2D eigenvalue weighted by Gasteiger charge is -2.63. The molecule has 2 saturated carbocycles. The maximum atomic E-state index is 14.0. The second-order valence-corrected chi connectivity index (χ2v) is 17.4. The highest BCUT2D eigenvalue weighted by Gasteiger charge is 2.71. The number of imidazole rings is 1. The number of aliphatic hydroxyl groups excluding tert-OH is 2. The first kappa shape index (κ1) is 40.2. The SMILES string of the molecule is CC(NC(CC1C2(CO2)C(NC(C)C(=O)CC2=NCC=N2)CC2[C@]1(C)CC[C@@H](O)[C@@]2(C)CO)C1=C/C(=C\c2cnc3c(c2)ncn3C)OC1=O)C(=O)CC1=NCC=N1. The Hall–Kier alpha value is -4.61. The molecule has 0 aromatic carbocycles. The first-order valence-corrected chi connectivity index (χ1v) is 20.3. The van der Waals surface area contributed by atoms with Gasteiger partial charge in [-0.15, -0.1) is 0 Å². The number of ketones is 2. The topological polar surface area (TPSA) is 218 Å². The highest BCUT2D eigenvalue weighted by Crippen LogP contribution is 2.66. The molecule has 4 aliphatic heterocycles. The number of ether oxygens (including phenoxy) is 2. The summed E-state index contributed by atoms with van der Waals surface area (Å²) in [6.07, 6.45) is 11.7. The molecule has 3 fully saturated rings. The van der Waals surface area contributed by atoms with Crippen LogP contribution in [0.25, 0.3) is 17.2 Å². The number of aliphatic hydroxyl groups is 2. The molecule has 2 aliphatic carbocycles. The smallest absolute Gasteiger partial charge is 0.341 e. The predicted molar refractivity (Wildman–Crippen MR) is 218 cm³/mol. The molecule has 4 N–H and O–H groups in total. The molecule has 0 amide bonds. The Morgan fingerprint density at radius 1 is 1.07 bits per heavy atom. The van der Waals surface area contributed by atoms with E-state index in [-0.39, 0.29) is 48.9 Å². The van der Waals surface area contributed by atoms with Crippen molar-refractivity contribution in [3.63, 3.8) is 0 Å². The molecule has 16 nitrogen and oxygen atoms in total. The number of fused-ring (bicyclic) bond motifs is 2. The number of hydrogen-bond donors (Lipinski definition) is 4. The third kappa shape index (κ3) is 7.33. The van der Waals surface area contributed by atoms with Gasteiger partial charge in [-0.05, 0) is 80.6 Å². The van der Waals surface area contributed by atoms with Crippen molar-refractivity contribution in [1.82, 2.24) is 25.2 Å². The highest BCUT2D eigenvalue weighted by atomic mass is 16.6. The van der Waals surface area contributed by atoms with E-state index in [9.17, 15) is 24.6 Å². The van der Waals surface area contributed by atoms with E-state index in [1.54, 1.807) is 44.0 Å². The van der Waals surface area contributed by atoms with Gasteiger partial charge in [-0.3, -0.25) is 19.6 Å². The monoisotopic (exact) mass is 795 g/mol. The van der Waals surface area contributed by atoms with Crippen LogP contribution in [0.4, 0.5) is 0 Å². The lowest BCUT2D eigenvalue weighted by molar-refractivity contribution is -0.185. The lowest BCUT2D eigenvalue weighted by Crippen LogP contribution is -2.68. The van der Waals surface area contributed by atoms with E-state index in [4.69, 9.17) is 9.47 Å². The van der Waals surface area contributed by atoms with E-state index in [2.05, 4.69) is 47.5 Å². The maximum Gasteiger partial charge on any atom is 0.341 e. The minimum Gasteiger partial charge on any atom is -0.423 e. The lowest BCUT2D eigenvalue weighted by atomic mass is 9.43. The number of carbonyl (C=O) groups excluding carboxylic acids is 3. The average molecular weight is 796 g/mol. The number of aliphatic imine (C=N–C) groups is 4. The number of hydrogen-bond acceptors (Lipinski definition) is 15. The number of carbonyl (C=O) groups is 3. The normalized spacial score (nSPS) is 33.5. The third-order valence-electron chi connectivity index (χ3n) is 13.8. The molecule has 308 valence electrons. The largest absolute Gasteiger partial charge is 0.423 e. The Morgan fingerprint density at radius 3 is 2.40 bits per heavy atom. The van der Waals surface area contributed by atoms with Crippen molar-refractivity contribution in [2.45, 2.75) is 102 Å². The molecule has 2 aromatic rings. The van der Waals surface area contributed by atoms with Crippen LogP contribution in [0.2, 0.25) is 0 Å². The summed E-state index contributed by atoms with van der Waals surface area (Å²) in [5.41, 5.74) is 0.453. The molecule has 8 rings (SSSR count). The predicted octanol–water partition coefficient (Wildman–Crippen LogP) is 2.32. The van der Waals surface area contributed by atoms with Crippen LogP contribution in [0.1, 0.15) is 71.8 Å². The zero-order valence-corrected chi connectivity index (χ0v) is 33.7. The standard InChI is InChI=1S/C42H53N9O7/c1-23(30(53)16-36-43-8-9-44-36)49-28(27-14-26(58-39(27)56)12-25-13-29-38(47-19-25)51(5)22-48-29)15-33-40(3)7-6-35(55)41(4,20-52)32(40)18-34(42(33)21-57-42)50-24(2)31(54)17-37-45-10-11-46-37/h8,10,12-14,19,22-24,28,32-35,49-50,52,55H,6-7,9,11,15-18,20-21H2,1-5H3/b26-12+/t23?,24?,28?,32?,33?,34?,35-,40+,41+,42?/m1/s1. The molecule has 6 heterocycles. The number of amidine groups is 2. The molecular weight excluding hydrogens is 743 g/mol. The van der Waals surface area contributed by atoms with Crippen molar-refractivity contribution in [2.75, 3.05) is 26.3 Å². The summed E-state index contributed by atoms with van der Waals surface area (Å²) in [4.78, 5) is 67.2. The number of aromatic nitrogens is 3. The van der Waals surface area contributed by atoms with Gasteiger partial charge in [0.1, 0.15) is 28.5 Å². The van der Waals surface area contributed by atoms with Crippen LogP contribution in [0.5, 0.6) is 0 Å². The Bertz CT molecular complexity index is 2190. The number of esters is 1. The first-order valence-electron chi connectivity index (χ1n) is 20.3. The van der Waals surface area contributed by atoms with Crippen molar-refractivity contribution in [1.29, 1.82) is 0 Å². The van der Waals surface area contributed by atoms with E-state index in [0.29, 0.717) is 79.5 Å². The molecule has 58 heavy (non-hydrogen) atoms. The summed E-state index contributed by atoms with van der Waals surface area (Å²) in [5, 5.41) is 29.6. The quantitative estimate of drug-likeness (QED) is 0.152. The minimum absolute atomic E-state index is 0.0493. The van der Waals surface area contributed by atoms with Crippen LogP contribution >= 0.6 is 0 Å². The van der Waals surface area contributed by atoms with Gasteiger partial charge >= 0.3 is 5.97 Å². The van der Waals surface area contributed by atoms with Crippen LogP contribution < -0.4 is 10.6 Å². The molecule has 0 radical (unpaired) electrons. The average Bonchev–Trinajstić information content (AvgIpc) is 3.64. The molecular formula is C42H53N9O7. The Kier molecular flexibility index (Phi) is 10.8. The molecule has 6 aliphatic rings. The van der Waals surface area contributed by atoms with E-state index in [1.165, 1.54) is 0 Å². The van der Waals surface area contributed by atoms with Crippen molar-refractivity contribution in [3.05, 3.63) is 41.6 Å². The van der Waals surface area contributed by atoms with Gasteiger partial charge in [0.05, 0.1) is 69.2 Å². The second-order valence-electron chi connectivity index (χ2n) is 17.4. The maximum absolute atomic E-state index is 14.0. The summed E-state index contributed by atoms with van der Waals surface area (Å²) in [6, 6.07) is -0.370. The van der Waals surface area contributed by atoms with Gasteiger partial charge < -0.3 is 34.9 Å². The van der Waals surface area contributed by atoms with Crippen molar-refractivity contribution >= 4 is 58.9 Å². The van der Waals surface area contributed by atoms with Crippen molar-refractivity contribution in [3.8, 4) is 0 Å². The molecule has 10 atom stereocenters. The van der Waals surface area contributed by atoms with E-state index in [0.717, 1.165) is 5.65 Å². The van der Waals surface area contributed by atoms with E-state index < -0.39 is 46.6 Å². The molecule has 1 spiro atoms. The third-order valence-corrected chi connectivity index (χ3v) is 13.8. The minimum atomic E-state index is -0.846. The fourth-order valence-corrected chi connectivity index (χ4v) is 10.3. The van der Waals surface area contributed by atoms with E-state index >= 15 is 0 Å². The molecule has 7 unspecified atom stereocenters. The van der Waals surface area contributed by atoms with Gasteiger partial charge in [0, 0.05) is 43.2 Å². The van der Waals surface area contributed by atoms with Crippen LogP contribution in [-0.4, -0.2) is 129 Å². The van der Waals surface area contributed by atoms with Crippen molar-refractivity contribution < 1.29 is 34.1 Å². The summed E-state index contributed by atoms with van der Waals surface area (Å²) < 4.78 is 14.3. The van der Waals surface area contributed by atoms with Crippen LogP contribution in [0.15, 0.2) is 56.0 Å². The van der Waals surface area contributed by atoms with Gasteiger partial charge in [-0.1, -0.05) is 13.8 Å². The molecule has 2 aromatic heterocycles. The number of rotatable bonds is 15. The van der Waals surface area contributed by atoms with Gasteiger partial charge in [-0.2, -0.15) is 0 Å². The summed E-state index contributed by atoms with van der Waals surface area (Å²) in [6.45, 7) is 8.88. The number of epoxide rings is 1. The summed E-state index contributed by atoms with van der Waals surface area (Å²) in [5.74, 6) is 0.170. The van der Waals surface area contributed by atoms with Gasteiger partial charge in [0.25, 0.3) is 0 Å². The molecule has 0 bridgehead atoms. The van der Waals surface area contributed by atoms with Crippen LogP contribution in [0.3, 0.4) is 0 Å². The summed E-state index contributed by atoms with van der Waals surface area (Å²) in [7, 11) is 1.87. The second kappa shape index (κ2) is 15.5. The van der Waals surface area contributed by atoms with Gasteiger partial charge in [-0.25, -0.2) is 24.7 Å². The number of cyclic esters (lactones) is 1. The van der Waals surface area contributed by atoms with Gasteiger partial charge in [0.15, 0.2) is 17.2 Å². The Morgan fingerprint density at radius 2 is 1.76 bits per heavy atom. The number of allylic oxidation sites excluding steroid dienone is 1. The number of nitrogens with zero attached hydrogens (tertiary/aromatic N) is 7. The fraction of sp³-hybridized carbons (Fsp3) is 0.595. The number of nitrogens with one attached hydrogen (secondary N) is 2. The number of aryl methyl sites for hydroxylation is 1. The molecule has 1 saturated heterocycles. The number of pyridine rings is 1. The fourth-order valence-electron chi connectivity index (χ4n) is 10.3. The number of Topliss-reactive ketones (excluding diaryl/α,β-unsaturated/α-hetero) is 2. The van der Waals surface area contributed by atoms with Gasteiger partial charge in [0.2, 0.25) is 0 Å². The summed E-state index contributed by atoms with van der Waals surface area (Å²) >= 11 is 0. The molecule has 16 heteroatoms. The highest BCUT2D eigenvalue weighted by molar-refractivity contribution is 6.08. The Labute approximate surface area is 337 Å². The van der Waals surface area contributed by atoms with E-state index in [1.807, 2.05) is 31.5 Å². The first-order chi connectivity index (χ1) is 27.7. The zero-order chi connectivity index (χ0) is 41.0.